The monoisotopic (exact) mass is 232 g/mol. The number of phenolic OH excluding ortho intramolecular Hbond substituents is 1. The van der Waals surface area contributed by atoms with Gasteiger partial charge in [-0.3, -0.25) is 4.79 Å². The molecule has 0 radical (unpaired) electrons. The summed E-state index contributed by atoms with van der Waals surface area (Å²) in [5.74, 6) is 0.419. The molecule has 0 heterocycles. The Bertz CT molecular complexity index is 363. The molecular weight excluding hydrogens is 212 g/mol. The average molecular weight is 232 g/mol. The van der Waals surface area contributed by atoms with E-state index in [2.05, 4.69) is 6.92 Å². The number of benzene rings is 1. The summed E-state index contributed by atoms with van der Waals surface area (Å²) in [5.41, 5.74) is 0.935. The van der Waals surface area contributed by atoms with Gasteiger partial charge in [0.2, 0.25) is 0 Å². The van der Waals surface area contributed by atoms with Crippen LogP contribution in [0.2, 0.25) is 0 Å². The van der Waals surface area contributed by atoms with Gasteiger partial charge in [0.25, 0.3) is 0 Å². The van der Waals surface area contributed by atoms with Crippen molar-refractivity contribution in [3.8, 4) is 5.75 Å². The van der Waals surface area contributed by atoms with E-state index in [9.17, 15) is 4.79 Å². The molecule has 0 unspecified atom stereocenters. The molecule has 0 aromatic heterocycles. The van der Waals surface area contributed by atoms with Gasteiger partial charge in [-0.05, 0) is 30.2 Å². The molecule has 2 heteroatoms. The highest BCUT2D eigenvalue weighted by Crippen LogP contribution is 2.11. The molecule has 0 bridgehead atoms. The maximum atomic E-state index is 11.5. The van der Waals surface area contributed by atoms with Gasteiger partial charge in [0.1, 0.15) is 5.75 Å². The number of allylic oxidation sites excluding steroid dienone is 1. The number of hydrogen-bond donors (Lipinski definition) is 1. The number of carbonyl (C=O) groups is 1. The van der Waals surface area contributed by atoms with Crippen LogP contribution < -0.4 is 0 Å². The number of rotatable bonds is 7. The van der Waals surface area contributed by atoms with Crippen LogP contribution in [0.1, 0.15) is 44.6 Å². The minimum atomic E-state index is 0.175. The predicted molar refractivity (Wildman–Crippen MR) is 70.9 cm³/mol. The molecule has 0 aliphatic heterocycles. The first kappa shape index (κ1) is 13.5. The van der Waals surface area contributed by atoms with Crippen LogP contribution in [0.5, 0.6) is 5.75 Å². The SMILES string of the molecule is CCCCCCC(=O)/C=C\c1ccc(O)cc1. The smallest absolute Gasteiger partial charge is 0.155 e. The lowest BCUT2D eigenvalue weighted by molar-refractivity contribution is -0.114. The first-order valence-corrected chi connectivity index (χ1v) is 6.22. The second kappa shape index (κ2) is 7.66. The van der Waals surface area contributed by atoms with Gasteiger partial charge in [-0.25, -0.2) is 0 Å². The molecule has 0 saturated heterocycles. The van der Waals surface area contributed by atoms with Gasteiger partial charge in [-0.15, -0.1) is 0 Å². The van der Waals surface area contributed by atoms with Crippen LogP contribution in [0, 0.1) is 0 Å². The molecule has 1 aromatic rings. The highest BCUT2D eigenvalue weighted by Gasteiger charge is 1.96. The van der Waals surface area contributed by atoms with Crippen molar-refractivity contribution in [3.05, 3.63) is 35.9 Å². The van der Waals surface area contributed by atoms with E-state index in [0.717, 1.165) is 18.4 Å². The predicted octanol–water partition coefficient (Wildman–Crippen LogP) is 3.94. The molecule has 2 nitrogen and oxygen atoms in total. The number of unbranched alkanes of at least 4 members (excludes halogenated alkanes) is 3. The van der Waals surface area contributed by atoms with E-state index >= 15 is 0 Å². The summed E-state index contributed by atoms with van der Waals surface area (Å²) in [4.78, 5) is 11.5. The topological polar surface area (TPSA) is 37.3 Å². The highest BCUT2D eigenvalue weighted by molar-refractivity contribution is 5.93. The zero-order chi connectivity index (χ0) is 12.5. The van der Waals surface area contributed by atoms with Crippen LogP contribution in [0.25, 0.3) is 6.08 Å². The van der Waals surface area contributed by atoms with Crippen LogP contribution >= 0.6 is 0 Å². The van der Waals surface area contributed by atoms with Crippen LogP contribution in [0.15, 0.2) is 30.3 Å². The second-order valence-electron chi connectivity index (χ2n) is 4.20. The Morgan fingerprint density at radius 2 is 1.88 bits per heavy atom. The Hall–Kier alpha value is -1.57. The number of carbonyl (C=O) groups excluding carboxylic acids is 1. The maximum absolute atomic E-state index is 11.5. The van der Waals surface area contributed by atoms with Crippen molar-refractivity contribution in [2.45, 2.75) is 39.0 Å². The molecule has 0 amide bonds. The van der Waals surface area contributed by atoms with E-state index in [1.807, 2.05) is 0 Å². The summed E-state index contributed by atoms with van der Waals surface area (Å²) in [7, 11) is 0. The van der Waals surface area contributed by atoms with Gasteiger partial charge in [0.15, 0.2) is 5.78 Å². The third-order valence-electron chi connectivity index (χ3n) is 2.63. The molecule has 0 fully saturated rings. The fourth-order valence-corrected chi connectivity index (χ4v) is 1.58. The Balaban J connectivity index is 2.32. The Morgan fingerprint density at radius 3 is 2.53 bits per heavy atom. The van der Waals surface area contributed by atoms with Crippen LogP contribution in [0.4, 0.5) is 0 Å². The normalized spacial score (nSPS) is 10.9. The van der Waals surface area contributed by atoms with Gasteiger partial charge < -0.3 is 5.11 Å². The molecule has 17 heavy (non-hydrogen) atoms. The first-order chi connectivity index (χ1) is 8.22. The van der Waals surface area contributed by atoms with Gasteiger partial charge >= 0.3 is 0 Å². The van der Waals surface area contributed by atoms with Crippen molar-refractivity contribution in [1.82, 2.24) is 0 Å². The highest BCUT2D eigenvalue weighted by atomic mass is 16.3. The summed E-state index contributed by atoms with van der Waals surface area (Å²) in [6.07, 6.45) is 8.56. The molecule has 0 atom stereocenters. The van der Waals surface area contributed by atoms with E-state index in [-0.39, 0.29) is 11.5 Å². The number of ketones is 1. The third kappa shape index (κ3) is 5.91. The first-order valence-electron chi connectivity index (χ1n) is 6.22. The summed E-state index contributed by atoms with van der Waals surface area (Å²) in [5, 5.41) is 9.11. The molecule has 1 rings (SSSR count). The van der Waals surface area contributed by atoms with Gasteiger partial charge in [-0.1, -0.05) is 44.4 Å². The fraction of sp³-hybridized carbons (Fsp3) is 0.400. The summed E-state index contributed by atoms with van der Waals surface area (Å²) >= 11 is 0. The van der Waals surface area contributed by atoms with Gasteiger partial charge in [-0.2, -0.15) is 0 Å². The van der Waals surface area contributed by atoms with Crippen molar-refractivity contribution in [3.63, 3.8) is 0 Å². The summed E-state index contributed by atoms with van der Waals surface area (Å²) in [6.45, 7) is 2.16. The fourth-order valence-electron chi connectivity index (χ4n) is 1.58. The molecule has 0 spiro atoms. The number of hydrogen-bond acceptors (Lipinski definition) is 2. The molecule has 0 aliphatic rings. The van der Waals surface area contributed by atoms with Gasteiger partial charge in [0.05, 0.1) is 0 Å². The summed E-state index contributed by atoms with van der Waals surface area (Å²) in [6, 6.07) is 6.81. The van der Waals surface area contributed by atoms with E-state index < -0.39 is 0 Å². The van der Waals surface area contributed by atoms with Crippen LogP contribution in [0.3, 0.4) is 0 Å². The number of aromatic hydroxyl groups is 1. The van der Waals surface area contributed by atoms with Crippen molar-refractivity contribution < 1.29 is 9.90 Å². The summed E-state index contributed by atoms with van der Waals surface area (Å²) < 4.78 is 0. The van der Waals surface area contributed by atoms with Crippen LogP contribution in [-0.4, -0.2) is 10.9 Å². The standard InChI is InChI=1S/C15H20O2/c1-2-3-4-5-6-14(16)10-7-13-8-11-15(17)12-9-13/h7-12,17H,2-6H2,1H3/b10-7-. The van der Waals surface area contributed by atoms with E-state index in [4.69, 9.17) is 5.11 Å². The van der Waals surface area contributed by atoms with Gasteiger partial charge in [0, 0.05) is 6.42 Å². The lowest BCUT2D eigenvalue weighted by Crippen LogP contribution is -1.91. The largest absolute Gasteiger partial charge is 0.508 e. The average Bonchev–Trinajstić information content (AvgIpc) is 2.34. The second-order valence-corrected chi connectivity index (χ2v) is 4.20. The third-order valence-corrected chi connectivity index (χ3v) is 2.63. The molecular formula is C15H20O2. The Labute approximate surface area is 103 Å². The molecule has 1 N–H and O–H groups in total. The maximum Gasteiger partial charge on any atom is 0.155 e. The minimum absolute atomic E-state index is 0.175. The Kier molecular flexibility index (Phi) is 6.08. The van der Waals surface area contributed by atoms with Crippen LogP contribution in [-0.2, 0) is 4.79 Å². The van der Waals surface area contributed by atoms with Crippen molar-refractivity contribution >= 4 is 11.9 Å². The molecule has 1 aromatic carbocycles. The molecule has 0 aliphatic carbocycles. The zero-order valence-electron chi connectivity index (χ0n) is 10.4. The van der Waals surface area contributed by atoms with Crippen molar-refractivity contribution in [2.24, 2.45) is 0 Å². The minimum Gasteiger partial charge on any atom is -0.508 e. The molecule has 92 valence electrons. The molecule has 0 saturated carbocycles. The van der Waals surface area contributed by atoms with Crippen molar-refractivity contribution in [1.29, 1.82) is 0 Å². The lowest BCUT2D eigenvalue weighted by atomic mass is 10.1. The quantitative estimate of drug-likeness (QED) is 0.571. The van der Waals surface area contributed by atoms with E-state index in [0.29, 0.717) is 6.42 Å². The zero-order valence-corrected chi connectivity index (χ0v) is 10.4. The van der Waals surface area contributed by atoms with Crippen molar-refractivity contribution in [2.75, 3.05) is 0 Å². The van der Waals surface area contributed by atoms with E-state index in [1.54, 1.807) is 36.4 Å². The van der Waals surface area contributed by atoms with E-state index in [1.165, 1.54) is 12.8 Å². The Morgan fingerprint density at radius 1 is 1.18 bits per heavy atom. The lowest BCUT2D eigenvalue weighted by Gasteiger charge is -1.96. The number of phenols is 1.